The van der Waals surface area contributed by atoms with Crippen LogP contribution in [-0.2, 0) is 9.59 Å². The molecule has 6 heteroatoms. The minimum atomic E-state index is -1.32. The first-order chi connectivity index (χ1) is 9.08. The molecule has 2 atom stereocenters. The zero-order chi connectivity index (χ0) is 14.3. The molecular formula is C13H17NO5. The van der Waals surface area contributed by atoms with Crippen LogP contribution < -0.4 is 10.1 Å². The minimum absolute atomic E-state index is 0.387. The van der Waals surface area contributed by atoms with Gasteiger partial charge in [-0.2, -0.15) is 0 Å². The van der Waals surface area contributed by atoms with Gasteiger partial charge in [-0.15, -0.1) is 0 Å². The van der Waals surface area contributed by atoms with Gasteiger partial charge in [0.1, 0.15) is 11.8 Å². The third-order valence-corrected chi connectivity index (χ3v) is 2.48. The van der Waals surface area contributed by atoms with E-state index in [2.05, 4.69) is 5.32 Å². The Labute approximate surface area is 111 Å². The zero-order valence-corrected chi connectivity index (χ0v) is 10.6. The fraction of sp³-hybridized carbons (Fsp3) is 0.385. The van der Waals surface area contributed by atoms with Crippen molar-refractivity contribution in [2.24, 2.45) is 0 Å². The fourth-order valence-corrected chi connectivity index (χ4v) is 1.44. The van der Waals surface area contributed by atoms with Gasteiger partial charge in [-0.05, 0) is 18.6 Å². The number of nitrogens with one attached hydrogen (secondary N) is 1. The van der Waals surface area contributed by atoms with Crippen molar-refractivity contribution in [3.63, 3.8) is 0 Å². The number of aliphatic carboxylic acids is 1. The molecule has 1 aromatic carbocycles. The van der Waals surface area contributed by atoms with Crippen molar-refractivity contribution in [3.05, 3.63) is 30.3 Å². The quantitative estimate of drug-likeness (QED) is 0.665. The molecule has 0 bridgehead atoms. The molecular weight excluding hydrogens is 250 g/mol. The topological polar surface area (TPSA) is 95.9 Å². The van der Waals surface area contributed by atoms with E-state index < -0.39 is 30.6 Å². The van der Waals surface area contributed by atoms with Gasteiger partial charge in [0.15, 0.2) is 6.10 Å². The maximum Gasteiger partial charge on any atom is 0.328 e. The van der Waals surface area contributed by atoms with Gasteiger partial charge in [0.25, 0.3) is 5.91 Å². The van der Waals surface area contributed by atoms with Crippen LogP contribution in [0.25, 0.3) is 0 Å². The van der Waals surface area contributed by atoms with Crippen molar-refractivity contribution >= 4 is 11.9 Å². The highest BCUT2D eigenvalue weighted by Crippen LogP contribution is 2.12. The van der Waals surface area contributed by atoms with E-state index in [9.17, 15) is 9.59 Å². The number of carboxylic acid groups (broad SMARTS) is 1. The molecule has 1 unspecified atom stereocenters. The van der Waals surface area contributed by atoms with Crippen LogP contribution in [0.1, 0.15) is 13.3 Å². The lowest BCUT2D eigenvalue weighted by Gasteiger charge is -2.19. The maximum absolute atomic E-state index is 11.8. The summed E-state index contributed by atoms with van der Waals surface area (Å²) in [4.78, 5) is 22.6. The van der Waals surface area contributed by atoms with Crippen molar-refractivity contribution in [1.82, 2.24) is 5.32 Å². The first kappa shape index (κ1) is 15.0. The zero-order valence-electron chi connectivity index (χ0n) is 10.6. The van der Waals surface area contributed by atoms with E-state index in [-0.39, 0.29) is 0 Å². The van der Waals surface area contributed by atoms with Crippen molar-refractivity contribution < 1.29 is 24.5 Å². The predicted octanol–water partition coefficient (Wildman–Crippen LogP) is 0.406. The van der Waals surface area contributed by atoms with Crippen LogP contribution in [0.3, 0.4) is 0 Å². The predicted molar refractivity (Wildman–Crippen MR) is 67.8 cm³/mol. The summed E-state index contributed by atoms with van der Waals surface area (Å²) in [5, 5.41) is 19.8. The molecule has 0 aromatic heterocycles. The third-order valence-electron chi connectivity index (χ3n) is 2.48. The van der Waals surface area contributed by atoms with Gasteiger partial charge in [-0.25, -0.2) is 4.79 Å². The second-order valence-corrected chi connectivity index (χ2v) is 3.91. The lowest BCUT2D eigenvalue weighted by molar-refractivity contribution is -0.144. The summed E-state index contributed by atoms with van der Waals surface area (Å²) in [6.45, 7) is 1.09. The Morgan fingerprint density at radius 3 is 2.42 bits per heavy atom. The van der Waals surface area contributed by atoms with E-state index in [1.165, 1.54) is 0 Å². The van der Waals surface area contributed by atoms with Gasteiger partial charge in [0, 0.05) is 0 Å². The Morgan fingerprint density at radius 2 is 1.95 bits per heavy atom. The Kier molecular flexibility index (Phi) is 5.81. The second-order valence-electron chi connectivity index (χ2n) is 3.91. The smallest absolute Gasteiger partial charge is 0.328 e. The molecule has 0 heterocycles. The number of hydrogen-bond donors (Lipinski definition) is 3. The molecule has 0 saturated carbocycles. The molecule has 19 heavy (non-hydrogen) atoms. The normalized spacial score (nSPS) is 13.4. The summed E-state index contributed by atoms with van der Waals surface area (Å²) in [6.07, 6.45) is -0.408. The van der Waals surface area contributed by atoms with Crippen LogP contribution in [0.15, 0.2) is 30.3 Å². The third kappa shape index (κ3) is 4.59. The average molecular weight is 267 g/mol. The Balaban J connectivity index is 2.64. The molecule has 0 fully saturated rings. The highest BCUT2D eigenvalue weighted by atomic mass is 16.5. The van der Waals surface area contributed by atoms with Gasteiger partial charge in [0.2, 0.25) is 0 Å². The van der Waals surface area contributed by atoms with E-state index in [1.807, 2.05) is 6.07 Å². The van der Waals surface area contributed by atoms with E-state index in [1.54, 1.807) is 31.2 Å². The average Bonchev–Trinajstić information content (AvgIpc) is 2.42. The first-order valence-corrected chi connectivity index (χ1v) is 5.94. The van der Waals surface area contributed by atoms with Crippen LogP contribution >= 0.6 is 0 Å². The monoisotopic (exact) mass is 267 g/mol. The van der Waals surface area contributed by atoms with Gasteiger partial charge in [-0.3, -0.25) is 4.79 Å². The van der Waals surface area contributed by atoms with Crippen molar-refractivity contribution in [1.29, 1.82) is 0 Å². The lowest BCUT2D eigenvalue weighted by Crippen LogP contribution is -2.48. The van der Waals surface area contributed by atoms with Crippen molar-refractivity contribution in [2.75, 3.05) is 6.61 Å². The fourth-order valence-electron chi connectivity index (χ4n) is 1.44. The Hall–Kier alpha value is -2.08. The number of ether oxygens (including phenoxy) is 1. The molecule has 3 N–H and O–H groups in total. The van der Waals surface area contributed by atoms with Crippen LogP contribution in [-0.4, -0.2) is 40.8 Å². The van der Waals surface area contributed by atoms with Crippen molar-refractivity contribution in [3.8, 4) is 5.75 Å². The summed E-state index contributed by atoms with van der Waals surface area (Å²) >= 11 is 0. The van der Waals surface area contributed by atoms with Gasteiger partial charge in [0.05, 0.1) is 6.61 Å². The maximum atomic E-state index is 11.8. The number of carboxylic acids is 1. The lowest BCUT2D eigenvalue weighted by atomic mass is 10.2. The molecule has 0 spiro atoms. The number of para-hydroxylation sites is 1. The minimum Gasteiger partial charge on any atom is -0.481 e. The molecule has 6 nitrogen and oxygen atoms in total. The molecule has 0 aliphatic heterocycles. The van der Waals surface area contributed by atoms with Crippen LogP contribution in [0.2, 0.25) is 0 Å². The van der Waals surface area contributed by atoms with E-state index in [0.717, 1.165) is 0 Å². The number of amides is 1. The molecule has 1 rings (SSSR count). The summed E-state index contributed by atoms with van der Waals surface area (Å²) in [5.74, 6) is -1.32. The summed E-state index contributed by atoms with van der Waals surface area (Å²) in [7, 11) is 0. The van der Waals surface area contributed by atoms with Gasteiger partial charge < -0.3 is 20.3 Å². The van der Waals surface area contributed by atoms with E-state index in [4.69, 9.17) is 14.9 Å². The van der Waals surface area contributed by atoms with Crippen LogP contribution in [0, 0.1) is 0 Å². The number of aliphatic hydroxyl groups is 1. The number of aliphatic hydroxyl groups excluding tert-OH is 1. The van der Waals surface area contributed by atoms with Crippen LogP contribution in [0.4, 0.5) is 0 Å². The van der Waals surface area contributed by atoms with Gasteiger partial charge >= 0.3 is 5.97 Å². The molecule has 0 radical (unpaired) electrons. The summed E-state index contributed by atoms with van der Waals surface area (Å²) < 4.78 is 5.46. The molecule has 104 valence electrons. The standard InChI is InChI=1S/C13H17NO5/c1-2-11(19-9-6-4-3-5-7-9)12(16)14-10(8-15)13(17)18/h3-7,10-11,15H,2,8H2,1H3,(H,14,16)(H,17,18)/t10-,11?/m0/s1. The molecule has 0 saturated heterocycles. The van der Waals surface area contributed by atoms with Gasteiger partial charge in [-0.1, -0.05) is 25.1 Å². The summed E-state index contributed by atoms with van der Waals surface area (Å²) in [6, 6.07) is 7.45. The van der Waals surface area contributed by atoms with E-state index >= 15 is 0 Å². The second kappa shape index (κ2) is 7.38. The number of rotatable bonds is 7. The Morgan fingerprint density at radius 1 is 1.32 bits per heavy atom. The molecule has 0 aliphatic rings. The largest absolute Gasteiger partial charge is 0.481 e. The molecule has 0 aliphatic carbocycles. The number of carbonyl (C=O) groups excluding carboxylic acids is 1. The molecule has 1 amide bonds. The Bertz CT molecular complexity index is 420. The number of hydrogen-bond acceptors (Lipinski definition) is 4. The number of carbonyl (C=O) groups is 2. The van der Waals surface area contributed by atoms with Crippen molar-refractivity contribution in [2.45, 2.75) is 25.5 Å². The van der Waals surface area contributed by atoms with Crippen LogP contribution in [0.5, 0.6) is 5.75 Å². The number of benzene rings is 1. The SMILES string of the molecule is CCC(Oc1ccccc1)C(=O)N[C@@H](CO)C(=O)O. The highest BCUT2D eigenvalue weighted by molar-refractivity contribution is 5.86. The highest BCUT2D eigenvalue weighted by Gasteiger charge is 2.24. The summed E-state index contributed by atoms with van der Waals surface area (Å²) in [5.41, 5.74) is 0. The first-order valence-electron chi connectivity index (χ1n) is 5.94. The molecule has 1 aromatic rings. The van der Waals surface area contributed by atoms with E-state index in [0.29, 0.717) is 12.2 Å².